The fourth-order valence-electron chi connectivity index (χ4n) is 10.8. The Hall–Kier alpha value is -7.85. The van der Waals surface area contributed by atoms with E-state index in [0.717, 1.165) is 109 Å². The number of anilines is 3. The van der Waals surface area contributed by atoms with E-state index < -0.39 is 30.1 Å². The summed E-state index contributed by atoms with van der Waals surface area (Å²) < 4.78 is 98.7. The van der Waals surface area contributed by atoms with E-state index in [1.54, 1.807) is 73.3 Å². The van der Waals surface area contributed by atoms with E-state index in [1.165, 1.54) is 41.3 Å². The summed E-state index contributed by atoms with van der Waals surface area (Å²) >= 11 is 0. The molecule has 16 nitrogen and oxygen atoms in total. The minimum atomic E-state index is -3.83. The third-order valence-electron chi connectivity index (χ3n) is 15.9. The molecule has 3 aliphatic heterocycles. The predicted molar refractivity (Wildman–Crippen MR) is 344 cm³/mol. The number of para-hydroxylation sites is 1. The summed E-state index contributed by atoms with van der Waals surface area (Å²) in [6.45, 7) is 5.34. The molecule has 0 bridgehead atoms. The number of benzene rings is 5. The van der Waals surface area contributed by atoms with Crippen molar-refractivity contribution in [1.29, 1.82) is 0 Å². The highest BCUT2D eigenvalue weighted by Crippen LogP contribution is 2.37. The number of pyridine rings is 1. The molecule has 444 valence electrons. The van der Waals surface area contributed by atoms with Crippen LogP contribution in [-0.2, 0) is 30.1 Å². The monoisotopic (exact) mass is 1200 g/mol. The Kier molecular flexibility index (Phi) is 17.5. The molecule has 3 aliphatic rings. The van der Waals surface area contributed by atoms with Gasteiger partial charge in [0.15, 0.2) is 5.65 Å². The van der Waals surface area contributed by atoms with Gasteiger partial charge < -0.3 is 29.4 Å². The lowest BCUT2D eigenvalue weighted by molar-refractivity contribution is 0.370. The number of nitrogens with zero attached hydrogens (tertiary/aromatic N) is 10. The van der Waals surface area contributed by atoms with Gasteiger partial charge in [0.1, 0.15) is 5.82 Å². The van der Waals surface area contributed by atoms with Crippen molar-refractivity contribution < 1.29 is 29.6 Å². The van der Waals surface area contributed by atoms with E-state index in [9.17, 15) is 29.6 Å². The molecule has 0 saturated heterocycles. The first-order valence-corrected chi connectivity index (χ1v) is 32.4. The Morgan fingerprint density at radius 3 is 1.34 bits per heavy atom. The molecule has 5 aromatic carbocycles. The van der Waals surface area contributed by atoms with Crippen molar-refractivity contribution in [3.63, 3.8) is 0 Å². The molecule has 0 radical (unpaired) electrons. The number of aromatic nitrogens is 4. The van der Waals surface area contributed by atoms with Crippen molar-refractivity contribution >= 4 is 96.7 Å². The number of hydrogen-bond donors (Lipinski definition) is 0. The molecule has 0 spiro atoms. The molecule has 85 heavy (non-hydrogen) atoms. The summed E-state index contributed by atoms with van der Waals surface area (Å²) in [5.74, 6) is -0.378. The minimum Gasteiger partial charge on any atom is -0.378 e. The van der Waals surface area contributed by atoms with Crippen LogP contribution >= 0.6 is 0 Å². The molecule has 0 saturated carbocycles. The molecule has 0 unspecified atom stereocenters. The number of hydrogen-bond acceptors (Lipinski definition) is 13. The van der Waals surface area contributed by atoms with Gasteiger partial charge in [-0.2, -0.15) is 0 Å². The van der Waals surface area contributed by atoms with Crippen molar-refractivity contribution in [1.82, 2.24) is 31.6 Å². The van der Waals surface area contributed by atoms with Crippen molar-refractivity contribution in [2.24, 2.45) is 0 Å². The third-order valence-corrected chi connectivity index (χ3v) is 20.9. The Bertz CT molecular complexity index is 4410. The average Bonchev–Trinajstić information content (AvgIpc) is 2.64. The van der Waals surface area contributed by atoms with Crippen LogP contribution in [0, 0.1) is 5.82 Å². The Labute approximate surface area is 499 Å². The van der Waals surface area contributed by atoms with Crippen LogP contribution in [0.25, 0.3) is 49.6 Å². The predicted octanol–water partition coefficient (Wildman–Crippen LogP) is 10.5. The fourth-order valence-corrected chi connectivity index (χ4v) is 15.0. The maximum Gasteiger partial charge on any atom is 0.269 e. The lowest BCUT2D eigenvalue weighted by Crippen LogP contribution is -2.23. The molecule has 0 N–H and O–H groups in total. The molecule has 0 aliphatic carbocycles. The second-order valence-corrected chi connectivity index (χ2v) is 27.9. The molecule has 0 atom stereocenters. The minimum absolute atomic E-state index is 0.203. The zero-order chi connectivity index (χ0) is 60.5. The molecule has 7 heterocycles. The molecule has 9 aromatic rings. The Morgan fingerprint density at radius 1 is 0.424 bits per heavy atom. The molecule has 0 fully saturated rings. The maximum atomic E-state index is 14.0. The quantitative estimate of drug-likeness (QED) is 0.114. The average molecular weight is 1210 g/mol. The van der Waals surface area contributed by atoms with Gasteiger partial charge in [0.2, 0.25) is 0 Å². The summed E-state index contributed by atoms with van der Waals surface area (Å²) in [4.78, 5) is 17.5. The molecule has 4 aromatic heterocycles. The second-order valence-electron chi connectivity index (χ2n) is 22.5. The van der Waals surface area contributed by atoms with Gasteiger partial charge in [0.05, 0.1) is 25.7 Å². The SMILES string of the molecule is CN1CC=C(c2cn(S(=O)(=O)c3ccc(N(C)C)cc3)c3ncccc23)CC1.CN1CC=C(c2cn(S(=O)(=O)c3cccc(N(C)C)c3)c3ccc(F)cc23)CC1.CN1CC=C(c2cn(S(=O)(=O)c3cccc(N(C)C)c3)c3ccccc23)CC1. The van der Waals surface area contributed by atoms with Crippen LogP contribution in [0.2, 0.25) is 0 Å². The van der Waals surface area contributed by atoms with E-state index >= 15 is 0 Å². The van der Waals surface area contributed by atoms with Crippen LogP contribution in [0.3, 0.4) is 0 Å². The fraction of sp³-hybridized carbons (Fsp3) is 0.277. The zero-order valence-electron chi connectivity index (χ0n) is 49.6. The van der Waals surface area contributed by atoms with Gasteiger partial charge in [-0.15, -0.1) is 0 Å². The van der Waals surface area contributed by atoms with Gasteiger partial charge in [-0.1, -0.05) is 48.6 Å². The van der Waals surface area contributed by atoms with Gasteiger partial charge >= 0.3 is 0 Å². The maximum absolute atomic E-state index is 14.0. The van der Waals surface area contributed by atoms with Crippen molar-refractivity contribution in [3.05, 3.63) is 193 Å². The smallest absolute Gasteiger partial charge is 0.269 e. The van der Waals surface area contributed by atoms with Gasteiger partial charge in [0, 0.05) is 156 Å². The van der Waals surface area contributed by atoms with Crippen LogP contribution in [0.15, 0.2) is 185 Å². The highest BCUT2D eigenvalue weighted by Gasteiger charge is 2.28. The summed E-state index contributed by atoms with van der Waals surface area (Å²) in [5.41, 5.74) is 10.4. The summed E-state index contributed by atoms with van der Waals surface area (Å²) in [6.07, 6.45) is 15.9. The van der Waals surface area contributed by atoms with Crippen LogP contribution in [0.4, 0.5) is 21.5 Å². The number of halogens is 1. The normalized spacial score (nSPS) is 15.6. The van der Waals surface area contributed by atoms with Crippen LogP contribution in [0.1, 0.15) is 36.0 Å². The molecular weight excluding hydrogens is 1130 g/mol. The van der Waals surface area contributed by atoms with Gasteiger partial charge in [-0.25, -0.2) is 46.5 Å². The molecule has 0 amide bonds. The number of likely N-dealkylation sites (N-methyl/N-ethyl adjacent to an activating group) is 3. The number of fused-ring (bicyclic) bond motifs is 3. The first-order chi connectivity index (χ1) is 40.5. The van der Waals surface area contributed by atoms with Gasteiger partial charge in [-0.3, -0.25) is 0 Å². The zero-order valence-corrected chi connectivity index (χ0v) is 52.0. The highest BCUT2D eigenvalue weighted by atomic mass is 32.2. The van der Waals surface area contributed by atoms with Crippen molar-refractivity contribution in [3.8, 4) is 0 Å². The van der Waals surface area contributed by atoms with Crippen LogP contribution < -0.4 is 14.7 Å². The Balaban J connectivity index is 0.000000142. The van der Waals surface area contributed by atoms with Crippen LogP contribution in [0.5, 0.6) is 0 Å². The third kappa shape index (κ3) is 12.5. The first kappa shape index (κ1) is 60.3. The topological polar surface area (TPSA) is 150 Å². The van der Waals surface area contributed by atoms with Crippen molar-refractivity contribution in [2.75, 3.05) is 117 Å². The molecule has 12 rings (SSSR count). The summed E-state index contributed by atoms with van der Waals surface area (Å²) in [6, 6.07) is 36.6. The van der Waals surface area contributed by atoms with E-state index in [0.29, 0.717) is 27.0 Å². The van der Waals surface area contributed by atoms with E-state index in [4.69, 9.17) is 0 Å². The van der Waals surface area contributed by atoms with E-state index in [1.807, 2.05) is 125 Å². The lowest BCUT2D eigenvalue weighted by Gasteiger charge is -2.21. The Morgan fingerprint density at radius 2 is 0.859 bits per heavy atom. The van der Waals surface area contributed by atoms with E-state index in [-0.39, 0.29) is 15.6 Å². The lowest BCUT2D eigenvalue weighted by atomic mass is 9.99. The van der Waals surface area contributed by atoms with Crippen molar-refractivity contribution in [2.45, 2.75) is 33.9 Å². The number of rotatable bonds is 12. The van der Waals surface area contributed by atoms with Crippen LogP contribution in [-0.4, -0.2) is 160 Å². The molecular formula is C65H73FN10O6S3. The first-order valence-electron chi connectivity index (χ1n) is 28.1. The second kappa shape index (κ2) is 24.6. The largest absolute Gasteiger partial charge is 0.378 e. The molecule has 20 heteroatoms. The van der Waals surface area contributed by atoms with Gasteiger partial charge in [0.25, 0.3) is 30.1 Å². The highest BCUT2D eigenvalue weighted by molar-refractivity contribution is 7.90. The summed E-state index contributed by atoms with van der Waals surface area (Å²) in [5, 5.41) is 2.46. The van der Waals surface area contributed by atoms with Gasteiger partial charge in [-0.05, 0) is 154 Å². The summed E-state index contributed by atoms with van der Waals surface area (Å²) in [7, 11) is 6.34. The standard InChI is InChI=1S/C22H24FN3O2S.C22H25N3O2S.C21H24N4O2S/c1-24(2)18-5-4-6-19(14-18)29(27,28)26-15-21(16-9-11-25(3)12-10-16)20-13-17(23)7-8-22(20)26;1-23(2)18-7-6-8-19(15-18)28(26,27)25-16-21(17-11-13-24(3)14-12-17)20-9-4-5-10-22(20)25;1-23(2)17-6-8-18(9-7-17)28(26,27)25-15-20(16-10-13-24(3)14-11-16)19-5-4-12-22-21(19)25/h4-9,13-15H,10-12H2,1-3H3;4-11,15-16H,12-14H2,1-3H3;4-10,12,15H,11,13-14H2,1-3H3. The van der Waals surface area contributed by atoms with E-state index in [2.05, 4.69) is 52.0 Å².